The fourth-order valence-electron chi connectivity index (χ4n) is 3.41. The number of carbonyl (C=O) groups is 1. The normalized spacial score (nSPS) is 16.4. The van der Waals surface area contributed by atoms with Crippen molar-refractivity contribution in [2.45, 2.75) is 26.8 Å². The molecule has 6 nitrogen and oxygen atoms in total. The molecule has 3 aromatic rings. The molecule has 1 aromatic carbocycles. The van der Waals surface area contributed by atoms with E-state index in [0.29, 0.717) is 26.4 Å². The molecule has 0 fully saturated rings. The number of allylic oxidation sites excluding steroid dienone is 1. The molecule has 0 spiro atoms. The standard InChI is InChI=1S/C22H19FN2O4S/c1-4-28-21(27)18-13(3)24-22-25(19(18)14-6-8-15(23)9-7-14)20(26)17(30-22)11-16-10-5-12(2)29-16/h5-11,19H,4H2,1-3H3/t19-/m1/s1. The minimum atomic E-state index is -0.763. The quantitative estimate of drug-likeness (QED) is 0.602. The molecule has 1 aliphatic heterocycles. The van der Waals surface area contributed by atoms with E-state index < -0.39 is 17.8 Å². The molecular formula is C22H19FN2O4S. The Morgan fingerprint density at radius 3 is 2.63 bits per heavy atom. The summed E-state index contributed by atoms with van der Waals surface area (Å²) in [6.45, 7) is 5.42. The van der Waals surface area contributed by atoms with E-state index in [4.69, 9.17) is 9.15 Å². The summed E-state index contributed by atoms with van der Waals surface area (Å²) in [7, 11) is 0. The van der Waals surface area contributed by atoms with Gasteiger partial charge < -0.3 is 9.15 Å². The van der Waals surface area contributed by atoms with Crippen LogP contribution in [0.25, 0.3) is 6.08 Å². The number of halogens is 1. The molecule has 4 rings (SSSR count). The molecule has 3 heterocycles. The SMILES string of the molecule is CCOC(=O)C1=C(C)N=c2sc(=Cc3ccc(C)o3)c(=O)n2[C@@H]1c1ccc(F)cc1. The van der Waals surface area contributed by atoms with E-state index in [1.807, 2.05) is 13.0 Å². The predicted molar refractivity (Wildman–Crippen MR) is 110 cm³/mol. The number of hydrogen-bond acceptors (Lipinski definition) is 6. The number of furan rings is 1. The van der Waals surface area contributed by atoms with Crippen molar-refractivity contribution in [3.8, 4) is 0 Å². The zero-order valence-electron chi connectivity index (χ0n) is 16.6. The highest BCUT2D eigenvalue weighted by Gasteiger charge is 2.33. The van der Waals surface area contributed by atoms with Crippen molar-refractivity contribution in [3.05, 3.63) is 90.3 Å². The van der Waals surface area contributed by atoms with Crippen molar-refractivity contribution < 1.29 is 18.3 Å². The third-order valence-electron chi connectivity index (χ3n) is 4.74. The van der Waals surface area contributed by atoms with Crippen molar-refractivity contribution in [3.63, 3.8) is 0 Å². The average Bonchev–Trinajstić information content (AvgIpc) is 3.24. The van der Waals surface area contributed by atoms with E-state index >= 15 is 0 Å². The maximum absolute atomic E-state index is 13.5. The molecule has 0 amide bonds. The van der Waals surface area contributed by atoms with E-state index in [1.165, 1.54) is 28.0 Å². The van der Waals surface area contributed by atoms with Gasteiger partial charge in [-0.2, -0.15) is 0 Å². The van der Waals surface area contributed by atoms with Crippen LogP contribution in [-0.2, 0) is 9.53 Å². The third-order valence-corrected chi connectivity index (χ3v) is 5.72. The van der Waals surface area contributed by atoms with Crippen LogP contribution in [0.1, 0.15) is 37.0 Å². The molecule has 0 N–H and O–H groups in total. The summed E-state index contributed by atoms with van der Waals surface area (Å²) >= 11 is 1.21. The van der Waals surface area contributed by atoms with Crippen LogP contribution in [0.3, 0.4) is 0 Å². The van der Waals surface area contributed by atoms with Gasteiger partial charge in [-0.3, -0.25) is 9.36 Å². The molecule has 0 saturated carbocycles. The van der Waals surface area contributed by atoms with Gasteiger partial charge in [0.15, 0.2) is 4.80 Å². The van der Waals surface area contributed by atoms with E-state index in [2.05, 4.69) is 4.99 Å². The third kappa shape index (κ3) is 3.54. The number of benzene rings is 1. The second-order valence-corrected chi connectivity index (χ2v) is 7.81. The highest BCUT2D eigenvalue weighted by atomic mass is 32.1. The molecule has 0 unspecified atom stereocenters. The Bertz CT molecular complexity index is 1330. The summed E-state index contributed by atoms with van der Waals surface area (Å²) in [6, 6.07) is 8.55. The van der Waals surface area contributed by atoms with Crippen LogP contribution >= 0.6 is 11.3 Å². The summed E-state index contributed by atoms with van der Waals surface area (Å²) in [5.74, 6) is 0.331. The van der Waals surface area contributed by atoms with Crippen LogP contribution in [0.4, 0.5) is 4.39 Å². The number of rotatable bonds is 4. The summed E-state index contributed by atoms with van der Waals surface area (Å²) < 4.78 is 26.2. The monoisotopic (exact) mass is 426 g/mol. The Morgan fingerprint density at radius 1 is 1.27 bits per heavy atom. The van der Waals surface area contributed by atoms with Gasteiger partial charge in [0.05, 0.1) is 28.5 Å². The Balaban J connectivity index is 1.96. The molecule has 0 bridgehead atoms. The number of aromatic nitrogens is 1. The fraction of sp³-hybridized carbons (Fsp3) is 0.227. The van der Waals surface area contributed by atoms with Crippen LogP contribution in [0.15, 0.2) is 61.9 Å². The number of carbonyl (C=O) groups excluding carboxylic acids is 1. The van der Waals surface area contributed by atoms with Crippen molar-refractivity contribution >= 4 is 23.4 Å². The first kappa shape index (κ1) is 20.0. The van der Waals surface area contributed by atoms with Gasteiger partial charge in [0.25, 0.3) is 5.56 Å². The maximum Gasteiger partial charge on any atom is 0.338 e. The number of ether oxygens (including phenoxy) is 1. The van der Waals surface area contributed by atoms with Crippen molar-refractivity contribution in [1.82, 2.24) is 4.57 Å². The number of aryl methyl sites for hydroxylation is 1. The smallest absolute Gasteiger partial charge is 0.338 e. The summed E-state index contributed by atoms with van der Waals surface area (Å²) in [4.78, 5) is 31.0. The molecule has 30 heavy (non-hydrogen) atoms. The van der Waals surface area contributed by atoms with Crippen LogP contribution < -0.4 is 14.9 Å². The number of hydrogen-bond donors (Lipinski definition) is 0. The molecular weight excluding hydrogens is 407 g/mol. The van der Waals surface area contributed by atoms with Gasteiger partial charge in [0.1, 0.15) is 17.3 Å². The summed E-state index contributed by atoms with van der Waals surface area (Å²) in [5.41, 5.74) is 1.01. The van der Waals surface area contributed by atoms with Crippen LogP contribution in [0.2, 0.25) is 0 Å². The maximum atomic E-state index is 13.5. The molecule has 0 aliphatic carbocycles. The van der Waals surface area contributed by atoms with E-state index in [1.54, 1.807) is 38.1 Å². The number of fused-ring (bicyclic) bond motifs is 1. The number of thiazole rings is 1. The Kier molecular flexibility index (Phi) is 5.26. The Morgan fingerprint density at radius 2 is 2.00 bits per heavy atom. The van der Waals surface area contributed by atoms with Crippen LogP contribution in [0.5, 0.6) is 0 Å². The zero-order valence-corrected chi connectivity index (χ0v) is 17.5. The van der Waals surface area contributed by atoms with Gasteiger partial charge >= 0.3 is 5.97 Å². The molecule has 1 aliphatic rings. The van der Waals surface area contributed by atoms with Crippen molar-refractivity contribution in [2.24, 2.45) is 4.99 Å². The van der Waals surface area contributed by atoms with Crippen molar-refractivity contribution in [2.75, 3.05) is 6.61 Å². The fourth-order valence-corrected chi connectivity index (χ4v) is 4.44. The summed E-state index contributed by atoms with van der Waals surface area (Å²) in [5, 5.41) is 0. The van der Waals surface area contributed by atoms with Gasteiger partial charge in [0.2, 0.25) is 0 Å². The second-order valence-electron chi connectivity index (χ2n) is 6.80. The molecule has 0 radical (unpaired) electrons. The van der Waals surface area contributed by atoms with Crippen LogP contribution in [0, 0.1) is 12.7 Å². The largest absolute Gasteiger partial charge is 0.463 e. The molecule has 0 saturated heterocycles. The summed E-state index contributed by atoms with van der Waals surface area (Å²) in [6.07, 6.45) is 1.65. The van der Waals surface area contributed by atoms with Crippen molar-refractivity contribution in [1.29, 1.82) is 0 Å². The van der Waals surface area contributed by atoms with Crippen LogP contribution in [-0.4, -0.2) is 17.1 Å². The molecule has 1 atom stereocenters. The lowest BCUT2D eigenvalue weighted by Gasteiger charge is -2.24. The van der Waals surface area contributed by atoms with E-state index in [9.17, 15) is 14.0 Å². The van der Waals surface area contributed by atoms with E-state index in [-0.39, 0.29) is 17.7 Å². The highest BCUT2D eigenvalue weighted by molar-refractivity contribution is 7.07. The lowest BCUT2D eigenvalue weighted by molar-refractivity contribution is -0.139. The Hall–Kier alpha value is -3.26. The minimum absolute atomic E-state index is 0.189. The first-order valence-electron chi connectivity index (χ1n) is 9.40. The molecule has 8 heteroatoms. The predicted octanol–water partition coefficient (Wildman–Crippen LogP) is 2.84. The average molecular weight is 426 g/mol. The van der Waals surface area contributed by atoms with Gasteiger partial charge in [-0.15, -0.1) is 0 Å². The Labute approximate surface area is 175 Å². The first-order valence-corrected chi connectivity index (χ1v) is 10.2. The highest BCUT2D eigenvalue weighted by Crippen LogP contribution is 2.30. The number of nitrogens with zero attached hydrogens (tertiary/aromatic N) is 2. The lowest BCUT2D eigenvalue weighted by Crippen LogP contribution is -2.39. The molecule has 2 aromatic heterocycles. The van der Waals surface area contributed by atoms with Gasteiger partial charge in [-0.05, 0) is 50.6 Å². The first-order chi connectivity index (χ1) is 14.4. The second kappa shape index (κ2) is 7.87. The zero-order chi connectivity index (χ0) is 21.4. The lowest BCUT2D eigenvalue weighted by atomic mass is 9.96. The molecule has 154 valence electrons. The van der Waals surface area contributed by atoms with Gasteiger partial charge in [-0.1, -0.05) is 23.5 Å². The van der Waals surface area contributed by atoms with E-state index in [0.717, 1.165) is 5.76 Å². The topological polar surface area (TPSA) is 73.8 Å². The van der Waals surface area contributed by atoms with Gasteiger partial charge in [0, 0.05) is 6.08 Å². The number of esters is 1. The van der Waals surface area contributed by atoms with Gasteiger partial charge in [-0.25, -0.2) is 14.2 Å². The minimum Gasteiger partial charge on any atom is -0.463 e.